The summed E-state index contributed by atoms with van der Waals surface area (Å²) in [5.41, 5.74) is 0.958. The predicted octanol–water partition coefficient (Wildman–Crippen LogP) is 3.11. The first-order valence-corrected chi connectivity index (χ1v) is 7.72. The van der Waals surface area contributed by atoms with E-state index in [0.717, 1.165) is 6.42 Å². The first-order chi connectivity index (χ1) is 11.6. The Morgan fingerprint density at radius 1 is 1.29 bits per heavy atom. The van der Waals surface area contributed by atoms with Crippen LogP contribution in [0.1, 0.15) is 16.8 Å². The summed E-state index contributed by atoms with van der Waals surface area (Å²) in [5, 5.41) is 6.66. The lowest BCUT2D eigenvalue weighted by molar-refractivity contribution is 0.0601. The first-order valence-electron chi connectivity index (χ1n) is 7.35. The van der Waals surface area contributed by atoms with E-state index in [2.05, 4.69) is 20.6 Å². The summed E-state index contributed by atoms with van der Waals surface area (Å²) in [6, 6.07) is 6.55. The van der Waals surface area contributed by atoms with E-state index >= 15 is 0 Å². The van der Waals surface area contributed by atoms with Crippen molar-refractivity contribution in [2.75, 3.05) is 38.0 Å². The number of anilines is 3. The van der Waals surface area contributed by atoms with Gasteiger partial charge in [0.1, 0.15) is 5.82 Å². The maximum absolute atomic E-state index is 11.6. The Morgan fingerprint density at radius 3 is 2.88 bits per heavy atom. The van der Waals surface area contributed by atoms with E-state index in [1.54, 1.807) is 37.6 Å². The summed E-state index contributed by atoms with van der Waals surface area (Å²) in [6.07, 6.45) is 2.48. The Balaban J connectivity index is 2.09. The second-order valence-electron chi connectivity index (χ2n) is 4.85. The van der Waals surface area contributed by atoms with Crippen molar-refractivity contribution >= 4 is 35.0 Å². The monoisotopic (exact) mass is 350 g/mol. The summed E-state index contributed by atoms with van der Waals surface area (Å²) in [6.45, 7) is 1.37. The van der Waals surface area contributed by atoms with Crippen LogP contribution in [0.15, 0.2) is 30.5 Å². The van der Waals surface area contributed by atoms with Crippen LogP contribution in [0.5, 0.6) is 0 Å². The predicted molar refractivity (Wildman–Crippen MR) is 93.1 cm³/mol. The van der Waals surface area contributed by atoms with E-state index in [4.69, 9.17) is 21.1 Å². The molecule has 0 aliphatic rings. The van der Waals surface area contributed by atoms with Crippen molar-refractivity contribution in [3.63, 3.8) is 0 Å². The second kappa shape index (κ2) is 9.05. The number of rotatable bonds is 8. The lowest BCUT2D eigenvalue weighted by atomic mass is 10.2. The highest BCUT2D eigenvalue weighted by Gasteiger charge is 2.10. The molecule has 24 heavy (non-hydrogen) atoms. The Labute approximate surface area is 145 Å². The summed E-state index contributed by atoms with van der Waals surface area (Å²) < 4.78 is 9.70. The maximum atomic E-state index is 11.6. The van der Waals surface area contributed by atoms with E-state index in [-0.39, 0.29) is 0 Å². The molecule has 0 atom stereocenters. The largest absolute Gasteiger partial charge is 0.465 e. The van der Waals surface area contributed by atoms with Crippen LogP contribution in [0.4, 0.5) is 17.5 Å². The van der Waals surface area contributed by atoms with Gasteiger partial charge in [-0.05, 0) is 30.7 Å². The number of benzene rings is 1. The van der Waals surface area contributed by atoms with Gasteiger partial charge in [-0.1, -0.05) is 11.6 Å². The zero-order chi connectivity index (χ0) is 17.4. The molecule has 0 radical (unpaired) electrons. The molecule has 0 fully saturated rings. The standard InChI is InChI=1S/C16H19ClN4O3/c1-23-9-3-7-18-16-19-8-6-14(21-16)20-13-10-11(15(22)24-2)4-5-12(13)17/h4-6,8,10H,3,7,9H2,1-2H3,(H2,18,19,20,21). The van der Waals surface area contributed by atoms with Crippen LogP contribution in [0.3, 0.4) is 0 Å². The highest BCUT2D eigenvalue weighted by Crippen LogP contribution is 2.26. The van der Waals surface area contributed by atoms with Crippen LogP contribution in [0.2, 0.25) is 5.02 Å². The van der Waals surface area contributed by atoms with Crippen molar-refractivity contribution < 1.29 is 14.3 Å². The number of ether oxygens (including phenoxy) is 2. The van der Waals surface area contributed by atoms with Gasteiger partial charge < -0.3 is 20.1 Å². The average molecular weight is 351 g/mol. The normalized spacial score (nSPS) is 10.3. The van der Waals surface area contributed by atoms with Gasteiger partial charge in [0.15, 0.2) is 0 Å². The van der Waals surface area contributed by atoms with Crippen molar-refractivity contribution in [3.8, 4) is 0 Å². The fraction of sp³-hybridized carbons (Fsp3) is 0.312. The molecule has 0 aliphatic heterocycles. The summed E-state index contributed by atoms with van der Waals surface area (Å²) >= 11 is 6.16. The van der Waals surface area contributed by atoms with Crippen LogP contribution >= 0.6 is 11.6 Å². The molecule has 0 bridgehead atoms. The van der Waals surface area contributed by atoms with Crippen LogP contribution in [0.25, 0.3) is 0 Å². The number of esters is 1. The van der Waals surface area contributed by atoms with E-state index in [1.165, 1.54) is 7.11 Å². The fourth-order valence-electron chi connectivity index (χ4n) is 1.93. The molecular weight excluding hydrogens is 332 g/mol. The molecule has 2 aromatic rings. The van der Waals surface area contributed by atoms with Gasteiger partial charge in [0, 0.05) is 26.5 Å². The summed E-state index contributed by atoms with van der Waals surface area (Å²) in [4.78, 5) is 20.1. The van der Waals surface area contributed by atoms with Crippen LogP contribution < -0.4 is 10.6 Å². The smallest absolute Gasteiger partial charge is 0.337 e. The van der Waals surface area contributed by atoms with E-state index < -0.39 is 5.97 Å². The van der Waals surface area contributed by atoms with E-state index in [1.807, 2.05) is 0 Å². The van der Waals surface area contributed by atoms with Crippen molar-refractivity contribution in [2.24, 2.45) is 0 Å². The van der Waals surface area contributed by atoms with Crippen molar-refractivity contribution in [2.45, 2.75) is 6.42 Å². The van der Waals surface area contributed by atoms with Crippen molar-refractivity contribution in [3.05, 3.63) is 41.0 Å². The number of aromatic nitrogens is 2. The fourth-order valence-corrected chi connectivity index (χ4v) is 2.10. The Kier molecular flexibility index (Phi) is 6.77. The van der Waals surface area contributed by atoms with Gasteiger partial charge in [0.05, 0.1) is 23.4 Å². The zero-order valence-electron chi connectivity index (χ0n) is 13.5. The molecule has 0 saturated heterocycles. The Morgan fingerprint density at radius 2 is 2.12 bits per heavy atom. The first kappa shape index (κ1) is 18.0. The molecule has 0 amide bonds. The number of carbonyl (C=O) groups excluding carboxylic acids is 1. The minimum Gasteiger partial charge on any atom is -0.465 e. The Bertz CT molecular complexity index is 697. The van der Waals surface area contributed by atoms with E-state index in [0.29, 0.717) is 41.2 Å². The molecule has 8 heteroatoms. The number of carbonyl (C=O) groups is 1. The molecule has 2 rings (SSSR count). The molecule has 128 valence electrons. The lowest BCUT2D eigenvalue weighted by Gasteiger charge is -2.10. The summed E-state index contributed by atoms with van der Waals surface area (Å²) in [5.74, 6) is 0.623. The SMILES string of the molecule is COCCCNc1nccc(Nc2cc(C(=O)OC)ccc2Cl)n1. The Hall–Kier alpha value is -2.38. The lowest BCUT2D eigenvalue weighted by Crippen LogP contribution is -2.08. The third-order valence-corrected chi connectivity index (χ3v) is 3.44. The van der Waals surface area contributed by atoms with Gasteiger partial charge in [-0.25, -0.2) is 9.78 Å². The molecule has 0 saturated carbocycles. The van der Waals surface area contributed by atoms with Crippen molar-refractivity contribution in [1.29, 1.82) is 0 Å². The molecule has 2 N–H and O–H groups in total. The highest BCUT2D eigenvalue weighted by atomic mass is 35.5. The van der Waals surface area contributed by atoms with Crippen LogP contribution in [-0.2, 0) is 9.47 Å². The second-order valence-corrected chi connectivity index (χ2v) is 5.26. The zero-order valence-corrected chi connectivity index (χ0v) is 14.3. The molecule has 0 unspecified atom stereocenters. The minimum absolute atomic E-state index is 0.399. The topological polar surface area (TPSA) is 85.4 Å². The van der Waals surface area contributed by atoms with Crippen LogP contribution in [0, 0.1) is 0 Å². The number of nitrogens with zero attached hydrogens (tertiary/aromatic N) is 2. The third-order valence-electron chi connectivity index (χ3n) is 3.11. The van der Waals surface area contributed by atoms with E-state index in [9.17, 15) is 4.79 Å². The average Bonchev–Trinajstić information content (AvgIpc) is 2.60. The number of hydrogen-bond donors (Lipinski definition) is 2. The molecule has 0 aliphatic carbocycles. The number of nitrogens with one attached hydrogen (secondary N) is 2. The van der Waals surface area contributed by atoms with Gasteiger partial charge >= 0.3 is 5.97 Å². The molecule has 1 heterocycles. The third kappa shape index (κ3) is 5.07. The molecule has 0 spiro atoms. The molecule has 1 aromatic carbocycles. The molecule has 1 aromatic heterocycles. The molecular formula is C16H19ClN4O3. The number of methoxy groups -OCH3 is 2. The van der Waals surface area contributed by atoms with Crippen LogP contribution in [-0.4, -0.2) is 43.3 Å². The van der Waals surface area contributed by atoms with Gasteiger partial charge in [0.25, 0.3) is 0 Å². The van der Waals surface area contributed by atoms with Gasteiger partial charge in [-0.15, -0.1) is 0 Å². The van der Waals surface area contributed by atoms with Gasteiger partial charge in [-0.3, -0.25) is 0 Å². The number of halogens is 1. The van der Waals surface area contributed by atoms with Crippen molar-refractivity contribution in [1.82, 2.24) is 9.97 Å². The molecule has 7 nitrogen and oxygen atoms in total. The summed E-state index contributed by atoms with van der Waals surface area (Å²) in [7, 11) is 2.99. The quantitative estimate of drug-likeness (QED) is 0.558. The van der Waals surface area contributed by atoms with Gasteiger partial charge in [0.2, 0.25) is 5.95 Å². The highest BCUT2D eigenvalue weighted by molar-refractivity contribution is 6.33. The number of hydrogen-bond acceptors (Lipinski definition) is 7. The minimum atomic E-state index is -0.432. The maximum Gasteiger partial charge on any atom is 0.337 e. The van der Waals surface area contributed by atoms with Gasteiger partial charge in [-0.2, -0.15) is 4.98 Å².